The van der Waals surface area contributed by atoms with Crippen LogP contribution in [0.2, 0.25) is 0 Å². The second kappa shape index (κ2) is 8.09. The number of rotatable bonds is 4. The van der Waals surface area contributed by atoms with Gasteiger partial charge in [0.05, 0.1) is 0 Å². The van der Waals surface area contributed by atoms with Crippen molar-refractivity contribution in [3.05, 3.63) is 59.8 Å². The zero-order chi connectivity index (χ0) is 19.4. The first-order valence-corrected chi connectivity index (χ1v) is 9.54. The molecule has 0 saturated carbocycles. The molecule has 0 aliphatic carbocycles. The van der Waals surface area contributed by atoms with E-state index in [1.165, 1.54) is 22.4 Å². The van der Waals surface area contributed by atoms with E-state index in [4.69, 9.17) is 4.74 Å². The number of ether oxygens (including phenoxy) is 1. The molecule has 5 nitrogen and oxygen atoms in total. The lowest BCUT2D eigenvalue weighted by atomic mass is 10.1. The van der Waals surface area contributed by atoms with E-state index in [0.717, 1.165) is 19.5 Å². The highest BCUT2D eigenvalue weighted by Gasteiger charge is 2.27. The minimum Gasteiger partial charge on any atom is -0.443 e. The predicted octanol–water partition coefficient (Wildman–Crippen LogP) is 4.79. The summed E-state index contributed by atoms with van der Waals surface area (Å²) in [4.78, 5) is 20.7. The van der Waals surface area contributed by atoms with Crippen LogP contribution >= 0.6 is 0 Å². The Bertz CT molecular complexity index is 753. The second-order valence-electron chi connectivity index (χ2n) is 8.10. The molecule has 1 aromatic carbocycles. The van der Waals surface area contributed by atoms with Crippen LogP contribution in [0.5, 0.6) is 0 Å². The maximum atomic E-state index is 12.2. The topological polar surface area (TPSA) is 45.7 Å². The average Bonchev–Trinajstić information content (AvgIpc) is 3.09. The van der Waals surface area contributed by atoms with Crippen LogP contribution < -0.4 is 4.90 Å². The molecule has 1 fully saturated rings. The fourth-order valence-corrected chi connectivity index (χ4v) is 3.43. The quantitative estimate of drug-likeness (QED) is 0.779. The number of amides is 1. The van der Waals surface area contributed by atoms with E-state index >= 15 is 0 Å². The van der Waals surface area contributed by atoms with Crippen LogP contribution in [0.25, 0.3) is 0 Å². The van der Waals surface area contributed by atoms with Crippen molar-refractivity contribution in [2.24, 2.45) is 0 Å². The molecular formula is C22H29N3O2. The number of carbonyl (C=O) groups is 1. The van der Waals surface area contributed by atoms with Crippen LogP contribution in [0.1, 0.15) is 50.8 Å². The number of pyridine rings is 1. The molecule has 0 spiro atoms. The third-order valence-electron chi connectivity index (χ3n) is 4.76. The molecule has 0 N–H and O–H groups in total. The Morgan fingerprint density at radius 1 is 1.22 bits per heavy atom. The number of benzene rings is 1. The van der Waals surface area contributed by atoms with E-state index < -0.39 is 11.7 Å². The molecule has 1 aromatic heterocycles. The molecule has 1 amide bonds. The van der Waals surface area contributed by atoms with Gasteiger partial charge in [-0.05, 0) is 57.4 Å². The van der Waals surface area contributed by atoms with Gasteiger partial charge in [0.25, 0.3) is 0 Å². The lowest BCUT2D eigenvalue weighted by molar-refractivity contribution is 0.0588. The molecule has 1 atom stereocenters. The van der Waals surface area contributed by atoms with Crippen LogP contribution in [0, 0.1) is 0 Å². The van der Waals surface area contributed by atoms with E-state index in [2.05, 4.69) is 46.3 Å². The highest BCUT2D eigenvalue weighted by molar-refractivity contribution is 5.85. The van der Waals surface area contributed by atoms with Gasteiger partial charge in [-0.3, -0.25) is 9.80 Å². The van der Waals surface area contributed by atoms with E-state index in [-0.39, 0.29) is 0 Å². The van der Waals surface area contributed by atoms with Crippen molar-refractivity contribution in [1.29, 1.82) is 0 Å². The molecule has 3 rings (SSSR count). The molecule has 1 aliphatic rings. The Kier molecular flexibility index (Phi) is 5.80. The van der Waals surface area contributed by atoms with Crippen LogP contribution in [-0.4, -0.2) is 35.2 Å². The molecule has 1 saturated heterocycles. The number of carbonyl (C=O) groups excluding carboxylic acids is 1. The highest BCUT2D eigenvalue weighted by Crippen LogP contribution is 2.33. The first-order valence-electron chi connectivity index (χ1n) is 9.54. The summed E-state index contributed by atoms with van der Waals surface area (Å²) in [7, 11) is 1.69. The van der Waals surface area contributed by atoms with Crippen molar-refractivity contribution in [2.45, 2.75) is 51.8 Å². The fraction of sp³-hybridized carbons (Fsp3) is 0.455. The van der Waals surface area contributed by atoms with E-state index in [0.29, 0.717) is 11.9 Å². The van der Waals surface area contributed by atoms with Gasteiger partial charge in [0.2, 0.25) is 0 Å². The standard InChI is InChI=1S/C22H29N3O2/c1-22(2,3)27-21(26)24(4)20-13-12-18(15-23-20)19-11-8-14-25(19)16-17-9-6-5-7-10-17/h5-7,9-10,12-13,15,19H,8,11,14,16H2,1-4H3/t19-/m0/s1. The molecule has 2 aromatic rings. The second-order valence-corrected chi connectivity index (χ2v) is 8.10. The van der Waals surface area contributed by atoms with E-state index in [9.17, 15) is 4.79 Å². The summed E-state index contributed by atoms with van der Waals surface area (Å²) in [5.41, 5.74) is 2.01. The molecule has 0 radical (unpaired) electrons. The number of hydrogen-bond donors (Lipinski definition) is 0. The van der Waals surface area contributed by atoms with Gasteiger partial charge in [-0.25, -0.2) is 9.78 Å². The molecule has 2 heterocycles. The van der Waals surface area contributed by atoms with Gasteiger partial charge in [-0.15, -0.1) is 0 Å². The summed E-state index contributed by atoms with van der Waals surface area (Å²) in [5, 5.41) is 0. The monoisotopic (exact) mass is 367 g/mol. The average molecular weight is 367 g/mol. The summed E-state index contributed by atoms with van der Waals surface area (Å²) in [6.07, 6.45) is 3.83. The maximum Gasteiger partial charge on any atom is 0.415 e. The Morgan fingerprint density at radius 3 is 2.59 bits per heavy atom. The summed E-state index contributed by atoms with van der Waals surface area (Å²) < 4.78 is 5.41. The van der Waals surface area contributed by atoms with Crippen molar-refractivity contribution in [1.82, 2.24) is 9.88 Å². The van der Waals surface area contributed by atoms with Gasteiger partial charge in [0, 0.05) is 25.8 Å². The van der Waals surface area contributed by atoms with Gasteiger partial charge >= 0.3 is 6.09 Å². The molecular weight excluding hydrogens is 338 g/mol. The van der Waals surface area contributed by atoms with Crippen LogP contribution in [0.4, 0.5) is 10.6 Å². The van der Waals surface area contributed by atoms with Crippen LogP contribution in [-0.2, 0) is 11.3 Å². The molecule has 5 heteroatoms. The first kappa shape index (κ1) is 19.4. The van der Waals surface area contributed by atoms with Gasteiger partial charge in [-0.2, -0.15) is 0 Å². The predicted molar refractivity (Wildman–Crippen MR) is 108 cm³/mol. The fourth-order valence-electron chi connectivity index (χ4n) is 3.43. The SMILES string of the molecule is CN(C(=O)OC(C)(C)C)c1ccc([C@@H]2CCCN2Cc2ccccc2)cn1. The summed E-state index contributed by atoms with van der Waals surface area (Å²) in [5.74, 6) is 0.598. The van der Waals surface area contributed by atoms with Crippen molar-refractivity contribution >= 4 is 11.9 Å². The Labute approximate surface area is 162 Å². The maximum absolute atomic E-state index is 12.2. The third kappa shape index (κ3) is 5.07. The van der Waals surface area contributed by atoms with Gasteiger partial charge in [-0.1, -0.05) is 36.4 Å². The molecule has 1 aliphatic heterocycles. The minimum atomic E-state index is -0.521. The third-order valence-corrected chi connectivity index (χ3v) is 4.76. The normalized spacial score (nSPS) is 17.7. The Morgan fingerprint density at radius 2 is 1.96 bits per heavy atom. The number of anilines is 1. The zero-order valence-electron chi connectivity index (χ0n) is 16.7. The Hall–Kier alpha value is -2.40. The van der Waals surface area contributed by atoms with Crippen LogP contribution in [0.15, 0.2) is 48.7 Å². The van der Waals surface area contributed by atoms with Crippen LogP contribution in [0.3, 0.4) is 0 Å². The molecule has 27 heavy (non-hydrogen) atoms. The highest BCUT2D eigenvalue weighted by atomic mass is 16.6. The number of hydrogen-bond acceptors (Lipinski definition) is 4. The first-order chi connectivity index (χ1) is 12.8. The molecule has 0 unspecified atom stereocenters. The molecule has 144 valence electrons. The lowest BCUT2D eigenvalue weighted by Crippen LogP contribution is -2.34. The van der Waals surface area contributed by atoms with Crippen molar-refractivity contribution in [2.75, 3.05) is 18.5 Å². The van der Waals surface area contributed by atoms with E-state index in [1.807, 2.05) is 33.0 Å². The number of aromatic nitrogens is 1. The molecule has 0 bridgehead atoms. The minimum absolute atomic E-state index is 0.374. The van der Waals surface area contributed by atoms with Gasteiger partial charge < -0.3 is 4.74 Å². The Balaban J connectivity index is 1.68. The van der Waals surface area contributed by atoms with Crippen molar-refractivity contribution < 1.29 is 9.53 Å². The largest absolute Gasteiger partial charge is 0.443 e. The van der Waals surface area contributed by atoms with Crippen molar-refractivity contribution in [3.8, 4) is 0 Å². The van der Waals surface area contributed by atoms with E-state index in [1.54, 1.807) is 7.05 Å². The van der Waals surface area contributed by atoms with Gasteiger partial charge in [0.1, 0.15) is 11.4 Å². The zero-order valence-corrected chi connectivity index (χ0v) is 16.7. The number of likely N-dealkylation sites (tertiary alicyclic amines) is 1. The summed E-state index contributed by atoms with van der Waals surface area (Å²) in [6.45, 7) is 7.62. The summed E-state index contributed by atoms with van der Waals surface area (Å²) in [6, 6.07) is 14.9. The van der Waals surface area contributed by atoms with Gasteiger partial charge in [0.15, 0.2) is 0 Å². The lowest BCUT2D eigenvalue weighted by Gasteiger charge is -2.26. The summed E-state index contributed by atoms with van der Waals surface area (Å²) >= 11 is 0. The van der Waals surface area contributed by atoms with Crippen molar-refractivity contribution in [3.63, 3.8) is 0 Å². The number of nitrogens with zero attached hydrogens (tertiary/aromatic N) is 3. The smallest absolute Gasteiger partial charge is 0.415 e.